The fourth-order valence-electron chi connectivity index (χ4n) is 1.15. The van der Waals surface area contributed by atoms with Crippen LogP contribution < -0.4 is 4.52 Å². The van der Waals surface area contributed by atoms with Crippen molar-refractivity contribution in [1.29, 1.82) is 0 Å². The van der Waals surface area contributed by atoms with Crippen molar-refractivity contribution < 1.29 is 23.4 Å². The fourth-order valence-corrected chi connectivity index (χ4v) is 1.70. The van der Waals surface area contributed by atoms with Gasteiger partial charge in [0.25, 0.3) is 0 Å². The first-order valence-corrected chi connectivity index (χ1v) is 6.61. The number of carbonyl (C=O) groups is 1. The van der Waals surface area contributed by atoms with Crippen molar-refractivity contribution in [3.8, 4) is 5.75 Å². The van der Waals surface area contributed by atoms with Crippen molar-refractivity contribution in [2.45, 2.75) is 20.3 Å². The second-order valence-corrected chi connectivity index (χ2v) is 4.42. The molecule has 18 heavy (non-hydrogen) atoms. The topological polar surface area (TPSA) is 61.8 Å². The Hall–Kier alpha value is -1.58. The maximum absolute atomic E-state index is 11.4. The van der Waals surface area contributed by atoms with Crippen LogP contribution in [0.3, 0.4) is 0 Å². The van der Waals surface area contributed by atoms with Gasteiger partial charge in [-0.2, -0.15) is 0 Å². The molecule has 0 radical (unpaired) electrons. The van der Waals surface area contributed by atoms with E-state index < -0.39 is 14.2 Å². The zero-order valence-corrected chi connectivity index (χ0v) is 11.3. The van der Waals surface area contributed by atoms with Gasteiger partial charge in [0.05, 0.1) is 0 Å². The van der Waals surface area contributed by atoms with Crippen LogP contribution in [0, 0.1) is 0 Å². The Balaban J connectivity index is 2.54. The molecule has 1 unspecified atom stereocenters. The van der Waals surface area contributed by atoms with E-state index in [-0.39, 0.29) is 5.57 Å². The van der Waals surface area contributed by atoms with Gasteiger partial charge in [0, 0.05) is 5.57 Å². The van der Waals surface area contributed by atoms with Crippen molar-refractivity contribution in [2.24, 2.45) is 0 Å². The van der Waals surface area contributed by atoms with Crippen molar-refractivity contribution >= 4 is 14.2 Å². The highest BCUT2D eigenvalue weighted by Gasteiger charge is 2.10. The Kier molecular flexibility index (Phi) is 5.62. The minimum Gasteiger partial charge on any atom is -0.424 e. The van der Waals surface area contributed by atoms with Gasteiger partial charge < -0.3 is 4.52 Å². The molecule has 0 amide bonds. The number of hydrogen-bond acceptors (Lipinski definition) is 5. The lowest BCUT2D eigenvalue weighted by atomic mass is 10.1. The average molecular weight is 270 g/mol. The first-order chi connectivity index (χ1) is 8.54. The highest BCUT2D eigenvalue weighted by Crippen LogP contribution is 2.31. The summed E-state index contributed by atoms with van der Waals surface area (Å²) in [6.07, 6.45) is 0.733. The van der Waals surface area contributed by atoms with E-state index in [9.17, 15) is 9.36 Å². The molecule has 0 heterocycles. The standard InChI is InChI=1S/C12H15O5P/c1-4-10-7-5-6-8-11(10)16-18(14)17-15-12(13)9(2)3/h5-8,18H,2,4H2,1,3H3. The van der Waals surface area contributed by atoms with Crippen LogP contribution in [0.5, 0.6) is 5.75 Å². The molecular formula is C12H15O5P. The van der Waals surface area contributed by atoms with Crippen molar-refractivity contribution in [1.82, 2.24) is 0 Å². The molecule has 1 atom stereocenters. The zero-order chi connectivity index (χ0) is 13.5. The van der Waals surface area contributed by atoms with Gasteiger partial charge in [0.15, 0.2) is 0 Å². The quantitative estimate of drug-likeness (QED) is 0.344. The van der Waals surface area contributed by atoms with Crippen LogP contribution in [0.15, 0.2) is 36.4 Å². The van der Waals surface area contributed by atoms with Gasteiger partial charge >= 0.3 is 14.2 Å². The molecule has 0 aromatic heterocycles. The highest BCUT2D eigenvalue weighted by molar-refractivity contribution is 7.33. The molecule has 1 rings (SSSR count). The molecule has 1 aromatic carbocycles. The van der Waals surface area contributed by atoms with Crippen LogP contribution in [-0.4, -0.2) is 5.97 Å². The van der Waals surface area contributed by atoms with Gasteiger partial charge in [-0.3, -0.25) is 4.89 Å². The summed E-state index contributed by atoms with van der Waals surface area (Å²) in [6, 6.07) is 7.13. The molecule has 6 heteroatoms. The highest BCUT2D eigenvalue weighted by atomic mass is 31.1. The van der Waals surface area contributed by atoms with E-state index in [0.717, 1.165) is 12.0 Å². The Morgan fingerprint density at radius 2 is 2.06 bits per heavy atom. The van der Waals surface area contributed by atoms with Gasteiger partial charge in [-0.15, -0.1) is 0 Å². The summed E-state index contributed by atoms with van der Waals surface area (Å²) in [5.74, 6) is -0.323. The number of benzene rings is 1. The van der Waals surface area contributed by atoms with E-state index >= 15 is 0 Å². The van der Waals surface area contributed by atoms with Crippen LogP contribution >= 0.6 is 8.25 Å². The molecule has 5 nitrogen and oxygen atoms in total. The lowest BCUT2D eigenvalue weighted by molar-refractivity contribution is -0.208. The number of carbonyl (C=O) groups excluding carboxylic acids is 1. The largest absolute Gasteiger partial charge is 0.424 e. The first-order valence-electron chi connectivity index (χ1n) is 5.38. The molecule has 0 aliphatic rings. The predicted molar refractivity (Wildman–Crippen MR) is 67.4 cm³/mol. The van der Waals surface area contributed by atoms with Crippen LogP contribution in [0.4, 0.5) is 0 Å². The predicted octanol–water partition coefficient (Wildman–Crippen LogP) is 3.07. The molecular weight excluding hydrogens is 255 g/mol. The summed E-state index contributed by atoms with van der Waals surface area (Å²) in [5.41, 5.74) is 1.05. The third-order valence-corrected chi connectivity index (χ3v) is 2.69. The minimum atomic E-state index is -2.94. The molecule has 0 spiro atoms. The maximum Gasteiger partial charge on any atom is 0.405 e. The van der Waals surface area contributed by atoms with Gasteiger partial charge in [-0.05, 0) is 25.0 Å². The molecule has 0 aliphatic carbocycles. The van der Waals surface area contributed by atoms with Gasteiger partial charge in [0.1, 0.15) is 5.75 Å². The van der Waals surface area contributed by atoms with E-state index in [1.165, 1.54) is 6.92 Å². The van der Waals surface area contributed by atoms with E-state index in [4.69, 9.17) is 4.52 Å². The van der Waals surface area contributed by atoms with Crippen molar-refractivity contribution in [2.75, 3.05) is 0 Å². The fraction of sp³-hybridized carbons (Fsp3) is 0.250. The van der Waals surface area contributed by atoms with Crippen LogP contribution in [0.2, 0.25) is 0 Å². The normalized spacial score (nSPS) is 11.7. The van der Waals surface area contributed by atoms with Crippen LogP contribution in [0.25, 0.3) is 0 Å². The van der Waals surface area contributed by atoms with Crippen LogP contribution in [-0.2, 0) is 25.3 Å². The van der Waals surface area contributed by atoms with E-state index in [2.05, 4.69) is 16.1 Å². The Morgan fingerprint density at radius 3 is 2.67 bits per heavy atom. The molecule has 0 saturated carbocycles. The molecule has 0 N–H and O–H groups in total. The number of aryl methyl sites for hydroxylation is 1. The lowest BCUT2D eigenvalue weighted by Crippen LogP contribution is -2.03. The number of rotatable bonds is 6. The Morgan fingerprint density at radius 1 is 1.39 bits per heavy atom. The summed E-state index contributed by atoms with van der Waals surface area (Å²) < 4.78 is 20.9. The Labute approximate surface area is 106 Å². The third-order valence-electron chi connectivity index (χ3n) is 2.08. The minimum absolute atomic E-state index is 0.152. The van der Waals surface area contributed by atoms with Crippen molar-refractivity contribution in [3.63, 3.8) is 0 Å². The average Bonchev–Trinajstić information content (AvgIpc) is 2.36. The molecule has 0 fully saturated rings. The molecule has 0 saturated heterocycles. The molecule has 0 aliphatic heterocycles. The lowest BCUT2D eigenvalue weighted by Gasteiger charge is -2.09. The van der Waals surface area contributed by atoms with Crippen LogP contribution in [0.1, 0.15) is 19.4 Å². The zero-order valence-electron chi connectivity index (χ0n) is 10.3. The third kappa shape index (κ3) is 4.35. The summed E-state index contributed by atoms with van der Waals surface area (Å²) in [4.78, 5) is 15.3. The summed E-state index contributed by atoms with van der Waals surface area (Å²) in [7, 11) is -2.94. The monoisotopic (exact) mass is 270 g/mol. The summed E-state index contributed by atoms with van der Waals surface area (Å²) in [6.45, 7) is 6.76. The second kappa shape index (κ2) is 6.99. The van der Waals surface area contributed by atoms with E-state index in [1.54, 1.807) is 12.1 Å². The van der Waals surface area contributed by atoms with E-state index in [0.29, 0.717) is 5.75 Å². The second-order valence-electron chi connectivity index (χ2n) is 3.55. The molecule has 0 bridgehead atoms. The van der Waals surface area contributed by atoms with E-state index in [1.807, 2.05) is 19.1 Å². The summed E-state index contributed by atoms with van der Waals surface area (Å²) >= 11 is 0. The molecule has 1 aromatic rings. The van der Waals surface area contributed by atoms with Crippen molar-refractivity contribution in [3.05, 3.63) is 42.0 Å². The summed E-state index contributed by atoms with van der Waals surface area (Å²) in [5, 5.41) is 0. The first kappa shape index (κ1) is 14.5. The number of hydrogen-bond donors (Lipinski definition) is 0. The maximum atomic E-state index is 11.4. The van der Waals surface area contributed by atoms with Gasteiger partial charge in [-0.1, -0.05) is 36.4 Å². The molecule has 98 valence electrons. The smallest absolute Gasteiger partial charge is 0.405 e. The SMILES string of the molecule is C=C(C)C(=O)OO[PH](=O)Oc1ccccc1CC. The van der Waals surface area contributed by atoms with Gasteiger partial charge in [0.2, 0.25) is 0 Å². The van der Waals surface area contributed by atoms with Gasteiger partial charge in [-0.25, -0.2) is 9.36 Å². The number of para-hydroxylation sites is 1. The Bertz CT molecular complexity index is 469.